The average molecular weight is 491 g/mol. The number of allylic oxidation sites excluding steroid dienone is 1. The molecular formula is C30H50O5. The van der Waals surface area contributed by atoms with Gasteiger partial charge in [0.2, 0.25) is 0 Å². The van der Waals surface area contributed by atoms with Gasteiger partial charge in [0.1, 0.15) is 11.9 Å². The second-order valence-electron chi connectivity index (χ2n) is 14.5. The quantitative estimate of drug-likeness (QED) is 0.415. The van der Waals surface area contributed by atoms with Crippen LogP contribution in [0.4, 0.5) is 0 Å². The minimum absolute atomic E-state index is 0.0140. The summed E-state index contributed by atoms with van der Waals surface area (Å²) in [5, 5.41) is 43.0. The highest BCUT2D eigenvalue weighted by Crippen LogP contribution is 2.74. The molecule has 0 bridgehead atoms. The number of Topliss-reactive ketones (excluding diaryl/α,β-unsaturated/α-hetero) is 1. The Kier molecular flexibility index (Phi) is 6.53. The first-order valence-corrected chi connectivity index (χ1v) is 13.9. The molecule has 200 valence electrons. The summed E-state index contributed by atoms with van der Waals surface area (Å²) < 4.78 is 0. The fourth-order valence-corrected chi connectivity index (χ4v) is 9.77. The van der Waals surface area contributed by atoms with E-state index >= 15 is 0 Å². The van der Waals surface area contributed by atoms with Gasteiger partial charge in [-0.25, -0.2) is 0 Å². The van der Waals surface area contributed by atoms with Crippen LogP contribution in [0.5, 0.6) is 0 Å². The minimum Gasteiger partial charge on any atom is -0.392 e. The largest absolute Gasteiger partial charge is 0.392 e. The van der Waals surface area contributed by atoms with Crippen LogP contribution in [0.2, 0.25) is 0 Å². The van der Waals surface area contributed by atoms with Gasteiger partial charge < -0.3 is 20.4 Å². The highest BCUT2D eigenvalue weighted by molar-refractivity contribution is 5.85. The summed E-state index contributed by atoms with van der Waals surface area (Å²) in [5.41, 5.74) is 0.895. The van der Waals surface area contributed by atoms with Crippen molar-refractivity contribution >= 4 is 5.78 Å². The number of aliphatic hydroxyl groups excluding tert-OH is 3. The molecule has 0 amide bonds. The molecule has 5 nitrogen and oxygen atoms in total. The molecule has 3 fully saturated rings. The maximum absolute atomic E-state index is 12.9. The Balaban J connectivity index is 1.68. The number of ketones is 1. The lowest BCUT2D eigenvalue weighted by molar-refractivity contribution is -0.208. The molecule has 0 aromatic carbocycles. The molecule has 0 radical (unpaired) electrons. The van der Waals surface area contributed by atoms with Gasteiger partial charge in [0.25, 0.3) is 0 Å². The predicted molar refractivity (Wildman–Crippen MR) is 138 cm³/mol. The second kappa shape index (κ2) is 8.38. The highest BCUT2D eigenvalue weighted by Gasteiger charge is 2.69. The van der Waals surface area contributed by atoms with E-state index in [1.165, 1.54) is 25.0 Å². The Labute approximate surface area is 212 Å². The number of carbonyl (C=O) groups excluding carboxylic acids is 1. The van der Waals surface area contributed by atoms with Gasteiger partial charge >= 0.3 is 0 Å². The Morgan fingerprint density at radius 1 is 1.03 bits per heavy atom. The van der Waals surface area contributed by atoms with Crippen molar-refractivity contribution in [1.29, 1.82) is 0 Å². The van der Waals surface area contributed by atoms with Crippen molar-refractivity contribution in [3.05, 3.63) is 11.1 Å². The van der Waals surface area contributed by atoms with Gasteiger partial charge in [-0.15, -0.1) is 0 Å². The van der Waals surface area contributed by atoms with Crippen LogP contribution in [0.15, 0.2) is 11.1 Å². The zero-order valence-electron chi connectivity index (χ0n) is 23.3. The summed E-state index contributed by atoms with van der Waals surface area (Å²) in [6, 6.07) is 0. The van der Waals surface area contributed by atoms with Crippen LogP contribution in [0, 0.1) is 39.4 Å². The molecule has 4 rings (SSSR count). The molecule has 35 heavy (non-hydrogen) atoms. The van der Waals surface area contributed by atoms with Crippen LogP contribution in [-0.4, -0.2) is 50.1 Å². The zero-order chi connectivity index (χ0) is 26.4. The lowest BCUT2D eigenvalue weighted by Crippen LogP contribution is -2.65. The van der Waals surface area contributed by atoms with Gasteiger partial charge in [0, 0.05) is 11.8 Å². The summed E-state index contributed by atoms with van der Waals surface area (Å²) in [4.78, 5) is 12.9. The second-order valence-corrected chi connectivity index (χ2v) is 14.5. The van der Waals surface area contributed by atoms with Crippen LogP contribution in [0.25, 0.3) is 0 Å². The van der Waals surface area contributed by atoms with Crippen LogP contribution in [-0.2, 0) is 4.79 Å². The van der Waals surface area contributed by atoms with E-state index in [-0.39, 0.29) is 33.5 Å². The van der Waals surface area contributed by atoms with E-state index in [9.17, 15) is 25.2 Å². The van der Waals surface area contributed by atoms with Crippen molar-refractivity contribution in [2.75, 3.05) is 0 Å². The van der Waals surface area contributed by atoms with Crippen molar-refractivity contribution in [2.45, 2.75) is 131 Å². The highest BCUT2D eigenvalue weighted by atomic mass is 16.4. The standard InChI is InChI=1S/C30H50O5/c1-17(15-21(32)25(34)27(4,5)35)18-9-13-29(7)19(18)16-20(31)24-28(6)12-11-23(33)26(2,3)22(28)10-14-30(24,29)8/h17,20-22,24-25,31-32,34-35H,9-16H2,1-8H3/t17?,20?,21?,22?,24?,25?,28-,29-,30-/m0/s1. The van der Waals surface area contributed by atoms with Crippen molar-refractivity contribution in [3.8, 4) is 0 Å². The number of rotatable bonds is 5. The smallest absolute Gasteiger partial charge is 0.138 e. The molecule has 0 aliphatic heterocycles. The third-order valence-corrected chi connectivity index (χ3v) is 11.9. The molecule has 9 atom stereocenters. The van der Waals surface area contributed by atoms with Crippen LogP contribution in [0.1, 0.15) is 107 Å². The van der Waals surface area contributed by atoms with E-state index < -0.39 is 23.9 Å². The molecule has 0 aromatic heterocycles. The maximum atomic E-state index is 12.9. The van der Waals surface area contributed by atoms with Crippen molar-refractivity contribution in [2.24, 2.45) is 39.4 Å². The first-order valence-electron chi connectivity index (χ1n) is 13.9. The van der Waals surface area contributed by atoms with Gasteiger partial charge in [-0.1, -0.05) is 52.7 Å². The number of carbonyl (C=O) groups is 1. The lowest BCUT2D eigenvalue weighted by atomic mass is 9.36. The van der Waals surface area contributed by atoms with E-state index in [2.05, 4.69) is 41.5 Å². The zero-order valence-corrected chi connectivity index (χ0v) is 23.3. The molecule has 4 N–H and O–H groups in total. The Morgan fingerprint density at radius 3 is 2.26 bits per heavy atom. The van der Waals surface area contributed by atoms with E-state index in [4.69, 9.17) is 0 Å². The molecule has 4 aliphatic rings. The van der Waals surface area contributed by atoms with Gasteiger partial charge in [0.05, 0.1) is 17.8 Å². The summed E-state index contributed by atoms with van der Waals surface area (Å²) in [6.45, 7) is 16.6. The van der Waals surface area contributed by atoms with Gasteiger partial charge in [-0.2, -0.15) is 0 Å². The van der Waals surface area contributed by atoms with E-state index in [1.807, 2.05) is 0 Å². The third-order valence-electron chi connectivity index (χ3n) is 11.9. The number of hydrogen-bond donors (Lipinski definition) is 4. The molecule has 3 saturated carbocycles. The minimum atomic E-state index is -1.36. The van der Waals surface area contributed by atoms with Crippen LogP contribution >= 0.6 is 0 Å². The Hall–Kier alpha value is -0.750. The van der Waals surface area contributed by atoms with Gasteiger partial charge in [-0.3, -0.25) is 4.79 Å². The van der Waals surface area contributed by atoms with E-state index in [1.54, 1.807) is 0 Å². The molecule has 0 spiro atoms. The summed E-state index contributed by atoms with van der Waals surface area (Å²) in [7, 11) is 0. The number of hydrogen-bond acceptors (Lipinski definition) is 5. The van der Waals surface area contributed by atoms with Crippen LogP contribution < -0.4 is 0 Å². The maximum Gasteiger partial charge on any atom is 0.138 e. The third kappa shape index (κ3) is 3.82. The monoisotopic (exact) mass is 490 g/mol. The number of aliphatic hydroxyl groups is 4. The van der Waals surface area contributed by atoms with Crippen molar-refractivity contribution < 1.29 is 25.2 Å². The normalized spacial score (nSPS) is 43.8. The fraction of sp³-hybridized carbons (Fsp3) is 0.900. The molecular weight excluding hydrogens is 440 g/mol. The van der Waals surface area contributed by atoms with E-state index in [0.29, 0.717) is 31.0 Å². The molecule has 0 aromatic rings. The first kappa shape index (κ1) is 27.3. The average Bonchev–Trinajstić information content (AvgIpc) is 3.07. The summed E-state index contributed by atoms with van der Waals surface area (Å²) >= 11 is 0. The lowest BCUT2D eigenvalue weighted by Gasteiger charge is -2.69. The van der Waals surface area contributed by atoms with Gasteiger partial charge in [-0.05, 0) is 92.8 Å². The SMILES string of the molecule is CC(CC(O)C(O)C(C)(C)O)C1=C2CC(O)C3[C@@]4(C)CCC(=O)C(C)(C)C4CC[C@]3(C)[C@@]2(C)CC1. The first-order chi connectivity index (χ1) is 15.9. The predicted octanol–water partition coefficient (Wildman–Crippen LogP) is 4.79. The molecule has 4 aliphatic carbocycles. The van der Waals surface area contributed by atoms with Crippen molar-refractivity contribution in [3.63, 3.8) is 0 Å². The van der Waals surface area contributed by atoms with Crippen LogP contribution in [0.3, 0.4) is 0 Å². The Morgan fingerprint density at radius 2 is 1.66 bits per heavy atom. The molecule has 0 heterocycles. The molecule has 5 heteroatoms. The molecule has 6 unspecified atom stereocenters. The van der Waals surface area contributed by atoms with E-state index in [0.717, 1.165) is 32.1 Å². The summed E-state index contributed by atoms with van der Waals surface area (Å²) in [6.07, 6.45) is 3.96. The van der Waals surface area contributed by atoms with Crippen molar-refractivity contribution in [1.82, 2.24) is 0 Å². The Bertz CT molecular complexity index is 899. The van der Waals surface area contributed by atoms with Gasteiger partial charge in [0.15, 0.2) is 0 Å². The summed E-state index contributed by atoms with van der Waals surface area (Å²) in [5.74, 6) is 0.914. The fourth-order valence-electron chi connectivity index (χ4n) is 9.77. The molecule has 0 saturated heterocycles. The topological polar surface area (TPSA) is 98.0 Å². The number of fused-ring (bicyclic) bond motifs is 5.